The number of fused-ring (bicyclic) bond motifs is 1. The molecule has 2 heterocycles. The molecule has 0 aliphatic carbocycles. The molecule has 40 heavy (non-hydrogen) atoms. The standard InChI is InChI=1S/C21H23N4O6P.C4H10O.CH2F2/c22-19-8-10-25(21(28)24-19)20-12-16(27)18(30-20)13-29-32(23-9-11-26)31-17-7-3-5-14-4-1-2-6-15(14)17;1-4(2)5-3;2-1-3/h1-8,10-11,16,18,20,23,27H,9,12-13H2,(H2,22,24,28);4H,1-3H3;1H2. The fourth-order valence-electron chi connectivity index (χ4n) is 3.40. The average molecular weight is 585 g/mol. The van der Waals surface area contributed by atoms with Crippen LogP contribution < -0.4 is 21.0 Å². The molecule has 220 valence electrons. The number of nitrogens with two attached hydrogens (primary N) is 1. The number of alkyl halides is 2. The molecule has 1 saturated heterocycles. The first-order chi connectivity index (χ1) is 19.2. The number of methoxy groups -OCH3 is 1. The number of carbonyl (C=O) groups excluding carboxylic acids is 1. The zero-order valence-corrected chi connectivity index (χ0v) is 23.4. The average Bonchev–Trinajstić information content (AvgIpc) is 3.30. The van der Waals surface area contributed by atoms with Crippen LogP contribution in [0.15, 0.2) is 59.5 Å². The third-order valence-corrected chi connectivity index (χ3v) is 6.61. The topological polar surface area (TPSA) is 147 Å². The number of ether oxygens (including phenoxy) is 2. The van der Waals surface area contributed by atoms with Crippen molar-refractivity contribution in [3.63, 3.8) is 0 Å². The van der Waals surface area contributed by atoms with E-state index in [1.807, 2.05) is 56.3 Å². The number of nitrogen functional groups attached to an aromatic ring is 1. The minimum absolute atomic E-state index is 0.00283. The van der Waals surface area contributed by atoms with Gasteiger partial charge >= 0.3 is 14.2 Å². The first kappa shape index (κ1) is 33.1. The lowest BCUT2D eigenvalue weighted by atomic mass is 10.1. The van der Waals surface area contributed by atoms with Crippen molar-refractivity contribution >= 4 is 31.4 Å². The molecule has 1 aromatic heterocycles. The maximum Gasteiger partial charge on any atom is 0.351 e. The van der Waals surface area contributed by atoms with Gasteiger partial charge in [0.25, 0.3) is 0 Å². The molecule has 0 spiro atoms. The highest BCUT2D eigenvalue weighted by Crippen LogP contribution is 2.40. The maximum atomic E-state index is 12.1. The summed E-state index contributed by atoms with van der Waals surface area (Å²) in [7, 11) is -0.00101. The van der Waals surface area contributed by atoms with Crippen LogP contribution in [0.4, 0.5) is 14.6 Å². The molecule has 4 unspecified atom stereocenters. The Morgan fingerprint density at radius 2 is 1.93 bits per heavy atom. The fourth-order valence-corrected chi connectivity index (χ4v) is 4.46. The Bertz CT molecular complexity index is 1230. The second kappa shape index (κ2) is 17.6. The number of halogens is 2. The summed E-state index contributed by atoms with van der Waals surface area (Å²) in [5.74, 6) is 0.722. The van der Waals surface area contributed by atoms with E-state index in [1.54, 1.807) is 7.11 Å². The third-order valence-electron chi connectivity index (χ3n) is 5.43. The van der Waals surface area contributed by atoms with Crippen LogP contribution in [-0.2, 0) is 18.8 Å². The number of hydrogen-bond donors (Lipinski definition) is 3. The highest BCUT2D eigenvalue weighted by Gasteiger charge is 2.36. The number of nitrogens with zero attached hydrogens (tertiary/aromatic N) is 2. The Morgan fingerprint density at radius 3 is 2.58 bits per heavy atom. The lowest BCUT2D eigenvalue weighted by Crippen LogP contribution is -2.29. The number of anilines is 1. The van der Waals surface area contributed by atoms with Gasteiger partial charge in [-0.3, -0.25) is 4.57 Å². The van der Waals surface area contributed by atoms with E-state index in [1.165, 1.54) is 16.8 Å². The van der Waals surface area contributed by atoms with E-state index < -0.39 is 39.6 Å². The molecule has 0 amide bonds. The van der Waals surface area contributed by atoms with Gasteiger partial charge in [-0.2, -0.15) is 4.98 Å². The van der Waals surface area contributed by atoms with E-state index in [-0.39, 0.29) is 25.4 Å². The summed E-state index contributed by atoms with van der Waals surface area (Å²) < 4.78 is 43.0. The van der Waals surface area contributed by atoms with Crippen molar-refractivity contribution < 1.29 is 37.2 Å². The molecular weight excluding hydrogens is 549 g/mol. The van der Waals surface area contributed by atoms with Gasteiger partial charge in [-0.05, 0) is 31.4 Å². The number of aliphatic hydroxyl groups is 1. The minimum Gasteiger partial charge on any atom is -0.435 e. The normalized spacial score (nSPS) is 18.8. The monoisotopic (exact) mass is 584 g/mol. The van der Waals surface area contributed by atoms with E-state index >= 15 is 0 Å². The summed E-state index contributed by atoms with van der Waals surface area (Å²) in [4.78, 5) is 26.6. The van der Waals surface area contributed by atoms with Crippen LogP contribution in [0.2, 0.25) is 0 Å². The van der Waals surface area contributed by atoms with Gasteiger partial charge in [0.05, 0.1) is 25.4 Å². The Morgan fingerprint density at radius 1 is 1.25 bits per heavy atom. The van der Waals surface area contributed by atoms with E-state index in [0.29, 0.717) is 18.1 Å². The Labute approximate surface area is 232 Å². The maximum absolute atomic E-state index is 12.1. The van der Waals surface area contributed by atoms with E-state index in [9.17, 15) is 23.5 Å². The first-order valence-electron chi connectivity index (χ1n) is 12.3. The fraction of sp³-hybridized carbons (Fsp3) is 0.423. The lowest BCUT2D eigenvalue weighted by Gasteiger charge is -2.21. The van der Waals surface area contributed by atoms with Crippen LogP contribution in [0.25, 0.3) is 10.8 Å². The molecular formula is C26H35F2N4O7P. The van der Waals surface area contributed by atoms with Crippen molar-refractivity contribution in [3.8, 4) is 5.75 Å². The molecule has 3 aromatic rings. The second-order valence-electron chi connectivity index (χ2n) is 8.51. The van der Waals surface area contributed by atoms with Gasteiger partial charge in [-0.1, -0.05) is 36.4 Å². The van der Waals surface area contributed by atoms with Crippen LogP contribution in [0.3, 0.4) is 0 Å². The van der Waals surface area contributed by atoms with Crippen LogP contribution in [0, 0.1) is 0 Å². The van der Waals surface area contributed by atoms with Crippen molar-refractivity contribution in [1.82, 2.24) is 14.6 Å². The molecule has 11 nitrogen and oxygen atoms in total. The molecule has 0 bridgehead atoms. The van der Waals surface area contributed by atoms with Crippen LogP contribution >= 0.6 is 8.53 Å². The van der Waals surface area contributed by atoms with Crippen LogP contribution in [0.5, 0.6) is 5.75 Å². The molecule has 1 aliphatic heterocycles. The van der Waals surface area contributed by atoms with Gasteiger partial charge in [0, 0.05) is 25.1 Å². The number of carbonyl (C=O) groups is 1. The minimum atomic E-state index is -1.75. The van der Waals surface area contributed by atoms with Gasteiger partial charge in [0.15, 0.2) is 0 Å². The lowest BCUT2D eigenvalue weighted by molar-refractivity contribution is -0.107. The molecule has 0 saturated carbocycles. The number of benzene rings is 2. The van der Waals surface area contributed by atoms with Crippen molar-refractivity contribution in [1.29, 1.82) is 0 Å². The van der Waals surface area contributed by atoms with Crippen molar-refractivity contribution in [2.24, 2.45) is 0 Å². The number of aliphatic hydroxyl groups excluding tert-OH is 1. The largest absolute Gasteiger partial charge is 0.435 e. The number of rotatable bonds is 10. The van der Waals surface area contributed by atoms with E-state index in [2.05, 4.69) is 10.1 Å². The highest BCUT2D eigenvalue weighted by molar-refractivity contribution is 7.45. The van der Waals surface area contributed by atoms with Gasteiger partial charge in [-0.25, -0.2) is 18.7 Å². The van der Waals surface area contributed by atoms with Crippen LogP contribution in [0.1, 0.15) is 26.5 Å². The summed E-state index contributed by atoms with van der Waals surface area (Å²) in [6, 6.07) is 14.9. The van der Waals surface area contributed by atoms with Crippen molar-refractivity contribution in [3.05, 3.63) is 65.2 Å². The Balaban J connectivity index is 0.000000621. The van der Waals surface area contributed by atoms with Gasteiger partial charge < -0.3 is 34.2 Å². The molecule has 4 rings (SSSR count). The Kier molecular flexibility index (Phi) is 14.6. The van der Waals surface area contributed by atoms with Crippen molar-refractivity contribution in [2.45, 2.75) is 44.8 Å². The van der Waals surface area contributed by atoms with Crippen molar-refractivity contribution in [2.75, 3.05) is 32.9 Å². The zero-order chi connectivity index (χ0) is 29.5. The number of aldehydes is 1. The predicted octanol–water partition coefficient (Wildman–Crippen LogP) is 3.66. The smallest absolute Gasteiger partial charge is 0.351 e. The molecule has 14 heteroatoms. The summed E-state index contributed by atoms with van der Waals surface area (Å²) in [5.41, 5.74) is 4.96. The predicted molar refractivity (Wildman–Crippen MR) is 148 cm³/mol. The molecule has 1 fully saturated rings. The molecule has 1 aliphatic rings. The molecule has 4 N–H and O–H groups in total. The molecule has 0 radical (unpaired) electrons. The SMILES string of the molecule is COC(C)C.FCF.Nc1ccn(C2CC(O)C(COP(NCC=O)Oc3cccc4ccccc34)O2)c(=O)n1. The summed E-state index contributed by atoms with van der Waals surface area (Å²) in [6.45, 7) is 2.29. The first-order valence-corrected chi connectivity index (χ1v) is 13.5. The van der Waals surface area contributed by atoms with Gasteiger partial charge in [0.1, 0.15) is 30.2 Å². The number of aromatic nitrogens is 2. The van der Waals surface area contributed by atoms with Gasteiger partial charge in [-0.15, -0.1) is 0 Å². The summed E-state index contributed by atoms with van der Waals surface area (Å²) in [5, 5.41) is 15.2. The number of nitrogens with one attached hydrogen (secondary N) is 1. The van der Waals surface area contributed by atoms with Gasteiger partial charge in [0.2, 0.25) is 6.93 Å². The van der Waals surface area contributed by atoms with E-state index in [4.69, 9.17) is 24.3 Å². The second-order valence-corrected chi connectivity index (χ2v) is 9.78. The highest BCUT2D eigenvalue weighted by atomic mass is 31.2. The quantitative estimate of drug-likeness (QED) is 0.238. The zero-order valence-electron chi connectivity index (χ0n) is 22.5. The summed E-state index contributed by atoms with van der Waals surface area (Å²) >= 11 is 0. The number of hydrogen-bond acceptors (Lipinski definition) is 10. The summed E-state index contributed by atoms with van der Waals surface area (Å²) in [6.07, 6.45) is 0.537. The molecule has 4 atom stereocenters. The third kappa shape index (κ3) is 10.5. The van der Waals surface area contributed by atoms with Crippen LogP contribution in [-0.4, -0.2) is 66.4 Å². The van der Waals surface area contributed by atoms with E-state index in [0.717, 1.165) is 10.8 Å². The Hall–Kier alpha value is -3.06. The molecule has 2 aromatic carbocycles.